The van der Waals surface area contributed by atoms with E-state index in [-0.39, 0.29) is 11.3 Å². The second-order valence-corrected chi connectivity index (χ2v) is 9.80. The van der Waals surface area contributed by atoms with E-state index in [0.29, 0.717) is 5.69 Å². The summed E-state index contributed by atoms with van der Waals surface area (Å²) in [5.41, 5.74) is 1.77. The van der Waals surface area contributed by atoms with Crippen LogP contribution in [0.4, 0.5) is 5.13 Å². The van der Waals surface area contributed by atoms with Crippen LogP contribution in [-0.2, 0) is 17.5 Å². The molecule has 0 bridgehead atoms. The number of hydrogen-bond acceptors (Lipinski definition) is 5. The van der Waals surface area contributed by atoms with Crippen molar-refractivity contribution in [2.24, 2.45) is 5.41 Å². The van der Waals surface area contributed by atoms with Crippen LogP contribution in [-0.4, -0.2) is 27.9 Å². The number of anilines is 1. The largest absolute Gasteiger partial charge is 0.344 e. The monoisotopic (exact) mass is 393 g/mol. The topological polar surface area (TPSA) is 62.3 Å². The number of rotatable bonds is 7. The Labute approximate surface area is 162 Å². The van der Waals surface area contributed by atoms with Crippen molar-refractivity contribution in [2.45, 2.75) is 40.7 Å². The molecule has 0 aliphatic heterocycles. The number of aryl methyl sites for hydroxylation is 1. The third-order valence-corrected chi connectivity index (χ3v) is 5.36. The van der Waals surface area contributed by atoms with Crippen LogP contribution in [0.15, 0.2) is 30.3 Å². The van der Waals surface area contributed by atoms with Crippen molar-refractivity contribution in [1.29, 1.82) is 0 Å². The summed E-state index contributed by atoms with van der Waals surface area (Å²) in [5.74, 6) is -0.388. The highest BCUT2D eigenvalue weighted by atomic mass is 32.2. The molecule has 0 aliphatic carbocycles. The standard InChI is InChI=1S/C19H27N3O2S2/c1-14-16(17(23)21-26(5)24)20-18(25-14)22(12-11-19(2,3)4)13-15-9-7-6-8-10-15/h6-10H,11-13H2,1-5H3,(H,21,23). The molecule has 2 aromatic rings. The molecule has 0 fully saturated rings. The average Bonchev–Trinajstić information content (AvgIpc) is 2.93. The van der Waals surface area contributed by atoms with Gasteiger partial charge >= 0.3 is 0 Å². The quantitative estimate of drug-likeness (QED) is 0.774. The van der Waals surface area contributed by atoms with E-state index in [4.69, 9.17) is 0 Å². The molecule has 0 aliphatic rings. The highest BCUT2D eigenvalue weighted by molar-refractivity contribution is 7.82. The molecule has 1 aromatic carbocycles. The van der Waals surface area contributed by atoms with Crippen LogP contribution in [0, 0.1) is 12.3 Å². The Kier molecular flexibility index (Phi) is 6.94. The third-order valence-electron chi connectivity index (χ3n) is 3.86. The van der Waals surface area contributed by atoms with Crippen LogP contribution >= 0.6 is 11.3 Å². The van der Waals surface area contributed by atoms with Crippen LogP contribution < -0.4 is 9.62 Å². The lowest BCUT2D eigenvalue weighted by Crippen LogP contribution is -2.28. The predicted molar refractivity (Wildman–Crippen MR) is 110 cm³/mol. The summed E-state index contributed by atoms with van der Waals surface area (Å²) < 4.78 is 13.7. The smallest absolute Gasteiger partial charge is 0.282 e. The summed E-state index contributed by atoms with van der Waals surface area (Å²) in [7, 11) is -1.40. The molecule has 1 unspecified atom stereocenters. The molecule has 1 atom stereocenters. The van der Waals surface area contributed by atoms with Crippen molar-refractivity contribution in [3.63, 3.8) is 0 Å². The zero-order valence-electron chi connectivity index (χ0n) is 16.0. The van der Waals surface area contributed by atoms with Crippen molar-refractivity contribution in [3.8, 4) is 0 Å². The number of benzene rings is 1. The summed E-state index contributed by atoms with van der Waals surface area (Å²) in [4.78, 5) is 19.8. The van der Waals surface area contributed by atoms with Crippen molar-refractivity contribution < 1.29 is 9.00 Å². The van der Waals surface area contributed by atoms with Gasteiger partial charge in [-0.3, -0.25) is 9.52 Å². The number of aromatic nitrogens is 1. The van der Waals surface area contributed by atoms with E-state index in [1.54, 1.807) is 0 Å². The molecule has 0 saturated heterocycles. The molecule has 0 radical (unpaired) electrons. The fourth-order valence-corrected chi connectivity index (χ4v) is 3.71. The van der Waals surface area contributed by atoms with Gasteiger partial charge < -0.3 is 4.90 Å². The fraction of sp³-hybridized carbons (Fsp3) is 0.474. The fourth-order valence-electron chi connectivity index (χ4n) is 2.42. The van der Waals surface area contributed by atoms with E-state index < -0.39 is 11.0 Å². The Morgan fingerprint density at radius 1 is 1.27 bits per heavy atom. The van der Waals surface area contributed by atoms with Gasteiger partial charge in [0.2, 0.25) is 0 Å². The number of amides is 1. The van der Waals surface area contributed by atoms with Crippen LogP contribution in [0.25, 0.3) is 0 Å². The first-order valence-corrected chi connectivity index (χ1v) is 10.9. The zero-order chi connectivity index (χ0) is 19.3. The van der Waals surface area contributed by atoms with E-state index in [2.05, 4.69) is 47.5 Å². The maximum Gasteiger partial charge on any atom is 0.282 e. The number of hydrogen-bond donors (Lipinski definition) is 1. The van der Waals surface area contributed by atoms with Crippen LogP contribution in [0.3, 0.4) is 0 Å². The molecular weight excluding hydrogens is 366 g/mol. The maximum atomic E-state index is 12.2. The molecule has 1 N–H and O–H groups in total. The van der Waals surface area contributed by atoms with Gasteiger partial charge in [0.15, 0.2) is 5.13 Å². The van der Waals surface area contributed by atoms with Crippen molar-refractivity contribution in [1.82, 2.24) is 9.71 Å². The van der Waals surface area contributed by atoms with Crippen molar-refractivity contribution in [2.75, 3.05) is 17.7 Å². The van der Waals surface area contributed by atoms with Gasteiger partial charge in [-0.15, -0.1) is 11.3 Å². The van der Waals surface area contributed by atoms with Gasteiger partial charge in [-0.2, -0.15) is 0 Å². The van der Waals surface area contributed by atoms with E-state index in [1.807, 2.05) is 25.1 Å². The summed E-state index contributed by atoms with van der Waals surface area (Å²) in [5, 5.41) is 0.822. The first kappa shape index (κ1) is 20.6. The van der Waals surface area contributed by atoms with Gasteiger partial charge in [0.1, 0.15) is 16.7 Å². The van der Waals surface area contributed by atoms with E-state index >= 15 is 0 Å². The summed E-state index contributed by atoms with van der Waals surface area (Å²) in [6.07, 6.45) is 2.45. The van der Waals surface area contributed by atoms with E-state index in [0.717, 1.165) is 29.5 Å². The third kappa shape index (κ3) is 6.21. The van der Waals surface area contributed by atoms with Gasteiger partial charge in [0.25, 0.3) is 5.91 Å². The molecule has 0 spiro atoms. The molecule has 142 valence electrons. The molecule has 0 saturated carbocycles. The number of thiazole rings is 1. The first-order chi connectivity index (χ1) is 12.2. The lowest BCUT2D eigenvalue weighted by molar-refractivity contribution is 0.0978. The summed E-state index contributed by atoms with van der Waals surface area (Å²) in [6.45, 7) is 10.1. The number of carbonyl (C=O) groups is 1. The van der Waals surface area contributed by atoms with Crippen LogP contribution in [0.5, 0.6) is 0 Å². The molecule has 26 heavy (non-hydrogen) atoms. The van der Waals surface area contributed by atoms with Crippen LogP contribution in [0.1, 0.15) is 48.1 Å². The summed E-state index contributed by atoms with van der Waals surface area (Å²) in [6, 6.07) is 10.3. The van der Waals surface area contributed by atoms with Gasteiger partial charge in [-0.1, -0.05) is 51.1 Å². The lowest BCUT2D eigenvalue weighted by atomic mass is 9.92. The van der Waals surface area contributed by atoms with Crippen LogP contribution in [0.2, 0.25) is 0 Å². The minimum atomic E-state index is -1.40. The second-order valence-electron chi connectivity index (χ2n) is 7.50. The molecule has 2 rings (SSSR count). The Morgan fingerprint density at radius 3 is 2.50 bits per heavy atom. The molecule has 7 heteroatoms. The Bertz CT molecular complexity index is 767. The zero-order valence-corrected chi connectivity index (χ0v) is 17.7. The van der Waals surface area contributed by atoms with Crippen molar-refractivity contribution >= 4 is 33.4 Å². The average molecular weight is 394 g/mol. The number of carbonyl (C=O) groups excluding carboxylic acids is 1. The van der Waals surface area contributed by atoms with Gasteiger partial charge in [-0.25, -0.2) is 9.19 Å². The lowest BCUT2D eigenvalue weighted by Gasteiger charge is -2.26. The number of nitrogens with zero attached hydrogens (tertiary/aromatic N) is 2. The molecule has 1 amide bonds. The van der Waals surface area contributed by atoms with Gasteiger partial charge in [0, 0.05) is 24.2 Å². The van der Waals surface area contributed by atoms with Crippen molar-refractivity contribution in [3.05, 3.63) is 46.5 Å². The van der Waals surface area contributed by atoms with E-state index in [1.165, 1.54) is 23.2 Å². The van der Waals surface area contributed by atoms with Gasteiger partial charge in [0.05, 0.1) is 0 Å². The normalized spacial score (nSPS) is 12.7. The Morgan fingerprint density at radius 2 is 1.92 bits per heavy atom. The highest BCUT2D eigenvalue weighted by Gasteiger charge is 2.21. The minimum Gasteiger partial charge on any atom is -0.344 e. The van der Waals surface area contributed by atoms with Gasteiger partial charge in [-0.05, 0) is 24.3 Å². The molecule has 1 aromatic heterocycles. The predicted octanol–water partition coefficient (Wildman–Crippen LogP) is 3.92. The SMILES string of the molecule is Cc1sc(N(CCC(C)(C)C)Cc2ccccc2)nc1C(=O)NS(C)=O. The maximum absolute atomic E-state index is 12.2. The summed E-state index contributed by atoms with van der Waals surface area (Å²) >= 11 is 1.50. The second kappa shape index (κ2) is 8.77. The minimum absolute atomic E-state index is 0.209. The first-order valence-electron chi connectivity index (χ1n) is 8.56. The molecular formula is C19H27N3O2S2. The Balaban J connectivity index is 2.26. The number of nitrogens with one attached hydrogen (secondary N) is 1. The highest BCUT2D eigenvalue weighted by Crippen LogP contribution is 2.29. The molecule has 5 nitrogen and oxygen atoms in total. The van der Waals surface area contributed by atoms with E-state index in [9.17, 15) is 9.00 Å². The Hall–Kier alpha value is -1.73. The molecule has 1 heterocycles.